The summed E-state index contributed by atoms with van der Waals surface area (Å²) >= 11 is 0. The van der Waals surface area contributed by atoms with Gasteiger partial charge in [-0.1, -0.05) is 44.2 Å². The van der Waals surface area contributed by atoms with Crippen molar-refractivity contribution in [3.8, 4) is 0 Å². The third-order valence-corrected chi connectivity index (χ3v) is 6.67. The number of carboxylic acid groups (broad SMARTS) is 1. The predicted octanol–water partition coefficient (Wildman–Crippen LogP) is 3.33. The lowest BCUT2D eigenvalue weighted by molar-refractivity contribution is -0.146. The number of hydrogen-bond donors (Lipinski definition) is 2. The van der Waals surface area contributed by atoms with Gasteiger partial charge in [0, 0.05) is 11.8 Å². The summed E-state index contributed by atoms with van der Waals surface area (Å²) < 4.78 is 1.62. The van der Waals surface area contributed by atoms with Gasteiger partial charge in [0.15, 0.2) is 0 Å². The maximum atomic E-state index is 13.2. The number of aliphatic carboxylic acids is 1. The van der Waals surface area contributed by atoms with Gasteiger partial charge in [0.25, 0.3) is 0 Å². The molecule has 0 spiro atoms. The molecule has 1 aromatic rings. The number of aliphatic hydroxyl groups is 1. The van der Waals surface area contributed by atoms with Crippen LogP contribution in [0.4, 0.5) is 0 Å². The summed E-state index contributed by atoms with van der Waals surface area (Å²) in [5, 5.41) is 28.1. The zero-order valence-corrected chi connectivity index (χ0v) is 17.2. The van der Waals surface area contributed by atoms with E-state index >= 15 is 0 Å². The summed E-state index contributed by atoms with van der Waals surface area (Å²) in [6.45, 7) is 5.27. The Labute approximate surface area is 166 Å². The van der Waals surface area contributed by atoms with Crippen molar-refractivity contribution in [2.24, 2.45) is 23.7 Å². The minimum absolute atomic E-state index is 0.0744. The summed E-state index contributed by atoms with van der Waals surface area (Å²) in [7, 11) is 0. The van der Waals surface area contributed by atoms with E-state index in [4.69, 9.17) is 0 Å². The Morgan fingerprint density at radius 3 is 2.46 bits per heavy atom. The highest BCUT2D eigenvalue weighted by Crippen LogP contribution is 2.43. The number of nitrogens with zero attached hydrogens (tertiary/aromatic N) is 3. The number of carbonyl (C=O) groups excluding carboxylic acids is 1. The molecule has 1 unspecified atom stereocenters. The van der Waals surface area contributed by atoms with Crippen molar-refractivity contribution >= 4 is 11.8 Å². The molecule has 2 saturated carbocycles. The summed E-state index contributed by atoms with van der Waals surface area (Å²) in [6, 6.07) is -0.235. The lowest BCUT2D eigenvalue weighted by Gasteiger charge is -2.26. The molecule has 2 aliphatic rings. The van der Waals surface area contributed by atoms with Crippen LogP contribution in [-0.4, -0.2) is 37.0 Å². The van der Waals surface area contributed by atoms with E-state index in [1.165, 1.54) is 38.3 Å². The first-order valence-corrected chi connectivity index (χ1v) is 10.6. The van der Waals surface area contributed by atoms with Crippen molar-refractivity contribution in [2.75, 3.05) is 0 Å². The van der Waals surface area contributed by atoms with E-state index in [2.05, 4.69) is 10.3 Å². The molecule has 7 nitrogen and oxygen atoms in total. The molecular formula is C21H33N3O4. The molecule has 0 radical (unpaired) electrons. The molecule has 0 aliphatic heterocycles. The van der Waals surface area contributed by atoms with Crippen LogP contribution in [0.5, 0.6) is 0 Å². The first kappa shape index (κ1) is 21.0. The second kappa shape index (κ2) is 8.31. The fraction of sp³-hybridized carbons (Fsp3) is 0.810. The minimum atomic E-state index is -1.13. The molecule has 1 aromatic heterocycles. The van der Waals surface area contributed by atoms with E-state index in [1.807, 2.05) is 6.92 Å². The number of hydrogen-bond acceptors (Lipinski definition) is 5. The molecule has 2 fully saturated rings. The van der Waals surface area contributed by atoms with Gasteiger partial charge in [-0.05, 0) is 39.0 Å². The molecule has 0 amide bonds. The van der Waals surface area contributed by atoms with Crippen molar-refractivity contribution < 1.29 is 19.8 Å². The molecule has 0 saturated heterocycles. The van der Waals surface area contributed by atoms with Crippen molar-refractivity contribution in [1.29, 1.82) is 0 Å². The quantitative estimate of drug-likeness (QED) is 0.738. The number of ketones is 1. The van der Waals surface area contributed by atoms with Gasteiger partial charge in [0.2, 0.25) is 0 Å². The summed E-state index contributed by atoms with van der Waals surface area (Å²) in [6.07, 6.45) is 9.28. The molecule has 7 heteroatoms. The van der Waals surface area contributed by atoms with E-state index < -0.39 is 23.4 Å². The van der Waals surface area contributed by atoms with E-state index in [1.54, 1.807) is 18.5 Å². The molecule has 1 heterocycles. The zero-order chi connectivity index (χ0) is 20.5. The monoisotopic (exact) mass is 391 g/mol. The van der Waals surface area contributed by atoms with Crippen LogP contribution in [0.2, 0.25) is 0 Å². The topological polar surface area (TPSA) is 105 Å². The van der Waals surface area contributed by atoms with Crippen LogP contribution in [0.15, 0.2) is 6.20 Å². The summed E-state index contributed by atoms with van der Waals surface area (Å²) in [4.78, 5) is 25.1. The van der Waals surface area contributed by atoms with Gasteiger partial charge < -0.3 is 10.2 Å². The standard InChI is InChI=1S/C21H33N3O4/c1-13(9-14-7-5-4-6-8-14)19(25)16-10-15(11-17(16)20(26)27)24-18(12-22-23-24)21(2,3)28/h12-17,28H,4-11H2,1-3H3,(H,26,27)/t13-,15-,16?,17-/m1/s1. The highest BCUT2D eigenvalue weighted by molar-refractivity contribution is 5.88. The fourth-order valence-corrected chi connectivity index (χ4v) is 5.15. The van der Waals surface area contributed by atoms with Crippen molar-refractivity contribution in [1.82, 2.24) is 15.0 Å². The van der Waals surface area contributed by atoms with E-state index in [0.29, 0.717) is 24.5 Å². The number of rotatable bonds is 7. The summed E-state index contributed by atoms with van der Waals surface area (Å²) in [5.74, 6) is -1.57. The minimum Gasteiger partial charge on any atom is -0.481 e. The summed E-state index contributed by atoms with van der Waals surface area (Å²) in [5.41, 5.74) is -0.580. The highest BCUT2D eigenvalue weighted by atomic mass is 16.4. The fourth-order valence-electron chi connectivity index (χ4n) is 5.15. The Kier molecular flexibility index (Phi) is 6.22. The molecule has 0 aromatic carbocycles. The van der Waals surface area contributed by atoms with Crippen LogP contribution in [0.1, 0.15) is 83.9 Å². The lowest BCUT2D eigenvalue weighted by Crippen LogP contribution is -2.30. The van der Waals surface area contributed by atoms with Gasteiger partial charge in [-0.25, -0.2) is 4.68 Å². The number of aromatic nitrogens is 3. The van der Waals surface area contributed by atoms with Gasteiger partial charge in [-0.15, -0.1) is 5.10 Å². The molecule has 28 heavy (non-hydrogen) atoms. The van der Waals surface area contributed by atoms with Crippen molar-refractivity contribution in [3.63, 3.8) is 0 Å². The number of carbonyl (C=O) groups is 2. The van der Waals surface area contributed by atoms with Gasteiger partial charge in [0.1, 0.15) is 11.4 Å². The van der Waals surface area contributed by atoms with Gasteiger partial charge >= 0.3 is 5.97 Å². The molecule has 3 rings (SSSR count). The smallest absolute Gasteiger partial charge is 0.307 e. The SMILES string of the molecule is C[C@H](CC1CCCCC1)C(=O)C1C[C@@H](n2nncc2C(C)(C)O)C[C@H]1C(=O)O. The highest BCUT2D eigenvalue weighted by Gasteiger charge is 2.46. The van der Waals surface area contributed by atoms with Crippen LogP contribution < -0.4 is 0 Å². The molecular weight excluding hydrogens is 358 g/mol. The first-order valence-electron chi connectivity index (χ1n) is 10.6. The Bertz CT molecular complexity index is 703. The third-order valence-electron chi connectivity index (χ3n) is 6.67. The average molecular weight is 392 g/mol. The Hall–Kier alpha value is -1.76. The van der Waals surface area contributed by atoms with Crippen molar-refractivity contribution in [3.05, 3.63) is 11.9 Å². The average Bonchev–Trinajstić information content (AvgIpc) is 3.28. The second-order valence-electron chi connectivity index (χ2n) is 9.34. The molecule has 156 valence electrons. The van der Waals surface area contributed by atoms with Crippen LogP contribution in [0.3, 0.4) is 0 Å². The third kappa shape index (κ3) is 4.45. The van der Waals surface area contributed by atoms with Gasteiger partial charge in [-0.3, -0.25) is 9.59 Å². The van der Waals surface area contributed by atoms with Crippen LogP contribution >= 0.6 is 0 Å². The van der Waals surface area contributed by atoms with E-state index in [9.17, 15) is 19.8 Å². The van der Waals surface area contributed by atoms with E-state index in [0.717, 1.165) is 6.42 Å². The number of carboxylic acids is 1. The molecule has 2 aliphatic carbocycles. The molecule has 4 atom stereocenters. The molecule has 2 N–H and O–H groups in total. The Morgan fingerprint density at radius 2 is 1.86 bits per heavy atom. The van der Waals surface area contributed by atoms with Crippen LogP contribution in [0, 0.1) is 23.7 Å². The van der Waals surface area contributed by atoms with Crippen molar-refractivity contribution in [2.45, 2.75) is 83.8 Å². The van der Waals surface area contributed by atoms with Crippen LogP contribution in [-0.2, 0) is 15.2 Å². The Balaban J connectivity index is 1.74. The van der Waals surface area contributed by atoms with E-state index in [-0.39, 0.29) is 17.7 Å². The van der Waals surface area contributed by atoms with Gasteiger partial charge in [0.05, 0.1) is 23.9 Å². The van der Waals surface area contributed by atoms with Gasteiger partial charge in [-0.2, -0.15) is 0 Å². The molecule has 0 bridgehead atoms. The maximum absolute atomic E-state index is 13.2. The zero-order valence-electron chi connectivity index (χ0n) is 17.2. The largest absolute Gasteiger partial charge is 0.481 e. The number of Topliss-reactive ketones (excluding diaryl/α,β-unsaturated/α-hetero) is 1. The Morgan fingerprint density at radius 1 is 1.21 bits per heavy atom. The normalized spacial score (nSPS) is 27.6. The lowest BCUT2D eigenvalue weighted by atomic mass is 9.78. The van der Waals surface area contributed by atoms with Crippen LogP contribution in [0.25, 0.3) is 0 Å². The second-order valence-corrected chi connectivity index (χ2v) is 9.34. The predicted molar refractivity (Wildman–Crippen MR) is 104 cm³/mol. The first-order chi connectivity index (χ1) is 13.2. The maximum Gasteiger partial charge on any atom is 0.307 e.